The Morgan fingerprint density at radius 1 is 1.25 bits per heavy atom. The van der Waals surface area contributed by atoms with Crippen molar-refractivity contribution in [3.8, 4) is 5.69 Å². The van der Waals surface area contributed by atoms with Crippen LogP contribution in [0.3, 0.4) is 0 Å². The third-order valence-electron chi connectivity index (χ3n) is 3.84. The summed E-state index contributed by atoms with van der Waals surface area (Å²) >= 11 is 0. The second-order valence-electron chi connectivity index (χ2n) is 4.81. The molecular weight excluding hydrogens is 256 g/mol. The first-order valence-corrected chi connectivity index (χ1v) is 6.69. The third-order valence-corrected chi connectivity index (χ3v) is 3.84. The minimum absolute atomic E-state index is 0.317. The van der Waals surface area contributed by atoms with Gasteiger partial charge in [-0.05, 0) is 35.4 Å². The van der Waals surface area contributed by atoms with Crippen LogP contribution in [0, 0.1) is 5.41 Å². The molecule has 0 fully saturated rings. The van der Waals surface area contributed by atoms with E-state index in [1.807, 2.05) is 44.2 Å². The number of aliphatic carboxylic acids is 1. The van der Waals surface area contributed by atoms with Crippen LogP contribution in [0.2, 0.25) is 0 Å². The fourth-order valence-corrected chi connectivity index (χ4v) is 2.27. The minimum atomic E-state index is -0.818. The highest BCUT2D eigenvalue weighted by Crippen LogP contribution is 2.31. The van der Waals surface area contributed by atoms with Crippen LogP contribution in [0.4, 0.5) is 0 Å². The number of aromatic nitrogens is 4. The van der Waals surface area contributed by atoms with Gasteiger partial charge in [0, 0.05) is 6.42 Å². The lowest BCUT2D eigenvalue weighted by Crippen LogP contribution is -2.33. The zero-order chi connectivity index (χ0) is 14.6. The Hall–Kier alpha value is -2.24. The monoisotopic (exact) mass is 274 g/mol. The average Bonchev–Trinajstić information content (AvgIpc) is 2.93. The largest absolute Gasteiger partial charge is 0.481 e. The van der Waals surface area contributed by atoms with E-state index in [4.69, 9.17) is 0 Å². The summed E-state index contributed by atoms with van der Waals surface area (Å²) in [6.07, 6.45) is 1.40. The number of carbonyl (C=O) groups is 1. The number of hydrogen-bond donors (Lipinski definition) is 1. The van der Waals surface area contributed by atoms with Gasteiger partial charge in [-0.3, -0.25) is 4.79 Å². The molecule has 1 N–H and O–H groups in total. The first-order valence-electron chi connectivity index (χ1n) is 6.69. The molecule has 1 aromatic heterocycles. The van der Waals surface area contributed by atoms with E-state index in [9.17, 15) is 9.90 Å². The van der Waals surface area contributed by atoms with Gasteiger partial charge in [0.05, 0.1) is 11.1 Å². The second-order valence-corrected chi connectivity index (χ2v) is 4.81. The third kappa shape index (κ3) is 2.54. The van der Waals surface area contributed by atoms with Crippen molar-refractivity contribution in [2.45, 2.75) is 33.1 Å². The predicted molar refractivity (Wildman–Crippen MR) is 73.5 cm³/mol. The van der Waals surface area contributed by atoms with E-state index in [1.165, 1.54) is 0 Å². The number of tetrazole rings is 1. The highest BCUT2D eigenvalue weighted by Gasteiger charge is 2.37. The summed E-state index contributed by atoms with van der Waals surface area (Å²) in [6.45, 7) is 3.77. The van der Waals surface area contributed by atoms with E-state index in [1.54, 1.807) is 4.68 Å². The van der Waals surface area contributed by atoms with E-state index >= 15 is 0 Å². The zero-order valence-corrected chi connectivity index (χ0v) is 11.7. The van der Waals surface area contributed by atoms with Crippen LogP contribution in [0.1, 0.15) is 32.5 Å². The molecule has 0 aliphatic rings. The van der Waals surface area contributed by atoms with E-state index in [-0.39, 0.29) is 0 Å². The fraction of sp³-hybridized carbons (Fsp3) is 0.429. The van der Waals surface area contributed by atoms with E-state index < -0.39 is 11.4 Å². The van der Waals surface area contributed by atoms with Gasteiger partial charge < -0.3 is 5.11 Å². The molecule has 0 aliphatic carbocycles. The average molecular weight is 274 g/mol. The Labute approximate surface area is 117 Å². The van der Waals surface area contributed by atoms with E-state index in [2.05, 4.69) is 15.5 Å². The van der Waals surface area contributed by atoms with Gasteiger partial charge in [-0.25, -0.2) is 0 Å². The first kappa shape index (κ1) is 14.2. The van der Waals surface area contributed by atoms with Gasteiger partial charge in [0.25, 0.3) is 0 Å². The van der Waals surface area contributed by atoms with Gasteiger partial charge >= 0.3 is 5.97 Å². The summed E-state index contributed by atoms with van der Waals surface area (Å²) in [7, 11) is 0. The molecule has 0 unspecified atom stereocenters. The van der Waals surface area contributed by atoms with Crippen LogP contribution in [0.5, 0.6) is 0 Å². The zero-order valence-electron chi connectivity index (χ0n) is 11.7. The number of carboxylic acid groups (broad SMARTS) is 1. The molecule has 0 atom stereocenters. The molecule has 0 saturated carbocycles. The molecule has 1 aromatic carbocycles. The molecule has 106 valence electrons. The van der Waals surface area contributed by atoms with Crippen molar-refractivity contribution >= 4 is 5.97 Å². The van der Waals surface area contributed by atoms with Crippen molar-refractivity contribution in [2.24, 2.45) is 5.41 Å². The van der Waals surface area contributed by atoms with Crippen molar-refractivity contribution in [1.29, 1.82) is 0 Å². The quantitative estimate of drug-likeness (QED) is 0.872. The van der Waals surface area contributed by atoms with Crippen LogP contribution in [-0.2, 0) is 11.2 Å². The Bertz CT molecular complexity index is 576. The van der Waals surface area contributed by atoms with Crippen LogP contribution in [0.15, 0.2) is 30.3 Å². The molecule has 1 heterocycles. The molecule has 0 radical (unpaired) electrons. The highest BCUT2D eigenvalue weighted by atomic mass is 16.4. The molecule has 0 aliphatic heterocycles. The molecule has 0 saturated heterocycles. The van der Waals surface area contributed by atoms with Crippen molar-refractivity contribution in [3.05, 3.63) is 36.2 Å². The Balaban J connectivity index is 2.36. The lowest BCUT2D eigenvalue weighted by molar-refractivity contribution is -0.149. The molecule has 0 amide bonds. The standard InChI is InChI=1S/C14H18N4O2/c1-3-14(4-2,13(19)20)10-12-15-16-17-18(12)11-8-6-5-7-9-11/h5-9H,3-4,10H2,1-2H3,(H,19,20). The van der Waals surface area contributed by atoms with Crippen molar-refractivity contribution in [1.82, 2.24) is 20.2 Å². The Morgan fingerprint density at radius 2 is 1.90 bits per heavy atom. The maximum atomic E-state index is 11.6. The normalized spacial score (nSPS) is 11.5. The summed E-state index contributed by atoms with van der Waals surface area (Å²) in [5, 5.41) is 21.1. The van der Waals surface area contributed by atoms with Gasteiger partial charge in [-0.15, -0.1) is 5.10 Å². The van der Waals surface area contributed by atoms with Crippen molar-refractivity contribution in [2.75, 3.05) is 0 Å². The number of rotatable bonds is 6. The van der Waals surface area contributed by atoms with E-state index in [0.29, 0.717) is 25.1 Å². The maximum Gasteiger partial charge on any atom is 0.310 e. The molecule has 2 aromatic rings. The first-order chi connectivity index (χ1) is 9.63. The second kappa shape index (κ2) is 5.81. The van der Waals surface area contributed by atoms with Crippen molar-refractivity contribution < 1.29 is 9.90 Å². The number of carboxylic acids is 1. The number of hydrogen-bond acceptors (Lipinski definition) is 4. The summed E-state index contributed by atoms with van der Waals surface area (Å²) in [4.78, 5) is 11.6. The predicted octanol–water partition coefficient (Wildman–Crippen LogP) is 2.10. The van der Waals surface area contributed by atoms with Crippen molar-refractivity contribution in [3.63, 3.8) is 0 Å². The molecular formula is C14H18N4O2. The SMILES string of the molecule is CCC(CC)(Cc1nnnn1-c1ccccc1)C(=O)O. The summed E-state index contributed by atoms with van der Waals surface area (Å²) in [6, 6.07) is 9.48. The van der Waals surface area contributed by atoms with Gasteiger partial charge in [-0.2, -0.15) is 4.68 Å². The smallest absolute Gasteiger partial charge is 0.310 e. The lowest BCUT2D eigenvalue weighted by atomic mass is 9.79. The molecule has 6 heteroatoms. The summed E-state index contributed by atoms with van der Waals surface area (Å²) in [5.74, 6) is -0.229. The van der Waals surface area contributed by atoms with E-state index in [0.717, 1.165) is 5.69 Å². The van der Waals surface area contributed by atoms with Gasteiger partial charge in [0.1, 0.15) is 0 Å². The van der Waals surface area contributed by atoms with Gasteiger partial charge in [0.2, 0.25) is 0 Å². The maximum absolute atomic E-state index is 11.6. The number of benzene rings is 1. The topological polar surface area (TPSA) is 80.9 Å². The lowest BCUT2D eigenvalue weighted by Gasteiger charge is -2.25. The molecule has 0 spiro atoms. The number of nitrogens with zero attached hydrogens (tertiary/aromatic N) is 4. The van der Waals surface area contributed by atoms with Gasteiger partial charge in [-0.1, -0.05) is 32.0 Å². The Kier molecular flexibility index (Phi) is 4.12. The van der Waals surface area contributed by atoms with Crippen LogP contribution in [0.25, 0.3) is 5.69 Å². The molecule has 6 nitrogen and oxygen atoms in total. The molecule has 2 rings (SSSR count). The molecule has 0 bridgehead atoms. The summed E-state index contributed by atoms with van der Waals surface area (Å²) in [5.41, 5.74) is 0.0142. The fourth-order valence-electron chi connectivity index (χ4n) is 2.27. The van der Waals surface area contributed by atoms with Crippen LogP contribution < -0.4 is 0 Å². The minimum Gasteiger partial charge on any atom is -0.481 e. The molecule has 20 heavy (non-hydrogen) atoms. The van der Waals surface area contributed by atoms with Crippen LogP contribution >= 0.6 is 0 Å². The van der Waals surface area contributed by atoms with Crippen LogP contribution in [-0.4, -0.2) is 31.3 Å². The number of para-hydroxylation sites is 1. The Morgan fingerprint density at radius 3 is 2.45 bits per heavy atom. The van der Waals surface area contributed by atoms with Gasteiger partial charge in [0.15, 0.2) is 5.82 Å². The summed E-state index contributed by atoms with van der Waals surface area (Å²) < 4.78 is 1.60. The highest BCUT2D eigenvalue weighted by molar-refractivity contribution is 5.74.